The zero-order chi connectivity index (χ0) is 20.8. The lowest BCUT2D eigenvalue weighted by atomic mass is 9.84. The molecule has 6 nitrogen and oxygen atoms in total. The van der Waals surface area contributed by atoms with Gasteiger partial charge in [0.15, 0.2) is 11.6 Å². The highest BCUT2D eigenvalue weighted by atomic mass is 19.2. The zero-order valence-electron chi connectivity index (χ0n) is 16.7. The van der Waals surface area contributed by atoms with Crippen molar-refractivity contribution >= 4 is 5.82 Å². The molecule has 0 aliphatic carbocycles. The number of nitrogens with zero attached hydrogens (tertiary/aromatic N) is 5. The number of rotatable bonds is 3. The summed E-state index contributed by atoms with van der Waals surface area (Å²) in [5, 5.41) is 15.4. The molecule has 0 atom stereocenters. The first kappa shape index (κ1) is 19.4. The Bertz CT molecular complexity index is 1060. The molecule has 8 heteroatoms. The van der Waals surface area contributed by atoms with Crippen molar-refractivity contribution in [1.82, 2.24) is 19.7 Å². The Balaban J connectivity index is 1.55. The summed E-state index contributed by atoms with van der Waals surface area (Å²) in [7, 11) is 1.90. The van der Waals surface area contributed by atoms with Crippen molar-refractivity contribution in [2.24, 2.45) is 7.05 Å². The van der Waals surface area contributed by atoms with E-state index < -0.39 is 17.2 Å². The van der Waals surface area contributed by atoms with Crippen molar-refractivity contribution < 1.29 is 13.9 Å². The van der Waals surface area contributed by atoms with Crippen molar-refractivity contribution in [3.63, 3.8) is 0 Å². The van der Waals surface area contributed by atoms with Crippen LogP contribution in [0.1, 0.15) is 29.8 Å². The van der Waals surface area contributed by atoms with Crippen LogP contribution >= 0.6 is 0 Å². The molecule has 0 unspecified atom stereocenters. The van der Waals surface area contributed by atoms with E-state index in [1.165, 1.54) is 6.07 Å². The van der Waals surface area contributed by atoms with E-state index in [1.807, 2.05) is 30.5 Å². The van der Waals surface area contributed by atoms with Crippen molar-refractivity contribution in [1.29, 1.82) is 0 Å². The third-order valence-corrected chi connectivity index (χ3v) is 5.76. The fraction of sp³-hybridized carbons (Fsp3) is 0.381. The van der Waals surface area contributed by atoms with E-state index in [0.717, 1.165) is 40.6 Å². The molecule has 0 radical (unpaired) electrons. The first-order chi connectivity index (χ1) is 13.8. The number of aromatic nitrogens is 4. The highest BCUT2D eigenvalue weighted by Gasteiger charge is 2.35. The van der Waals surface area contributed by atoms with Crippen LogP contribution in [0.4, 0.5) is 14.6 Å². The molecule has 2 aromatic heterocycles. The Morgan fingerprint density at radius 1 is 1.07 bits per heavy atom. The molecular formula is C21H23F2N5O. The number of benzene rings is 1. The maximum atomic E-state index is 13.6. The number of halogens is 2. The smallest absolute Gasteiger partial charge is 0.159 e. The summed E-state index contributed by atoms with van der Waals surface area (Å²) in [6.07, 6.45) is 4.19. The molecule has 0 bridgehead atoms. The van der Waals surface area contributed by atoms with Gasteiger partial charge in [0.25, 0.3) is 0 Å². The Morgan fingerprint density at radius 3 is 2.41 bits per heavy atom. The average molecular weight is 399 g/mol. The summed E-state index contributed by atoms with van der Waals surface area (Å²) in [4.78, 5) is 11.2. The van der Waals surface area contributed by atoms with Crippen molar-refractivity contribution in [3.05, 3.63) is 59.2 Å². The number of anilines is 1. The van der Waals surface area contributed by atoms with E-state index >= 15 is 0 Å². The number of hydrogen-bond donors (Lipinski definition) is 1. The number of aryl methyl sites for hydroxylation is 2. The highest BCUT2D eigenvalue weighted by Crippen LogP contribution is 2.35. The minimum Gasteiger partial charge on any atom is -0.385 e. The summed E-state index contributed by atoms with van der Waals surface area (Å²) in [6.45, 7) is 4.99. The first-order valence-electron chi connectivity index (χ1n) is 9.54. The predicted molar refractivity (Wildman–Crippen MR) is 105 cm³/mol. The topological polar surface area (TPSA) is 67.1 Å². The predicted octanol–water partition coefficient (Wildman–Crippen LogP) is 3.26. The lowest BCUT2D eigenvalue weighted by Crippen LogP contribution is -2.43. The van der Waals surface area contributed by atoms with E-state index in [1.54, 1.807) is 12.4 Å². The number of hydrogen-bond acceptors (Lipinski definition) is 5. The van der Waals surface area contributed by atoms with Crippen LogP contribution in [0.25, 0.3) is 11.3 Å². The molecule has 1 aromatic carbocycles. The minimum absolute atomic E-state index is 0.384. The quantitative estimate of drug-likeness (QED) is 0.732. The molecule has 3 heterocycles. The fourth-order valence-corrected chi connectivity index (χ4v) is 3.95. The SMILES string of the molecule is Cc1nn(C)c(C)c1-c1cncc(N2CCC(O)(c3ccc(F)c(F)c3)CC2)n1. The van der Waals surface area contributed by atoms with E-state index in [4.69, 9.17) is 4.98 Å². The lowest BCUT2D eigenvalue weighted by molar-refractivity contribution is 0.0113. The molecule has 0 saturated carbocycles. The number of piperidine rings is 1. The third-order valence-electron chi connectivity index (χ3n) is 5.76. The van der Waals surface area contributed by atoms with Crippen LogP contribution in [0.2, 0.25) is 0 Å². The second-order valence-electron chi connectivity index (χ2n) is 7.58. The van der Waals surface area contributed by atoms with Crippen LogP contribution in [-0.2, 0) is 12.6 Å². The Morgan fingerprint density at radius 2 is 1.79 bits per heavy atom. The van der Waals surface area contributed by atoms with Crippen LogP contribution in [0, 0.1) is 25.5 Å². The van der Waals surface area contributed by atoms with Crippen LogP contribution in [0.5, 0.6) is 0 Å². The van der Waals surface area contributed by atoms with E-state index in [0.29, 0.717) is 31.5 Å². The highest BCUT2D eigenvalue weighted by molar-refractivity contribution is 5.65. The largest absolute Gasteiger partial charge is 0.385 e. The van der Waals surface area contributed by atoms with Gasteiger partial charge in [-0.1, -0.05) is 6.07 Å². The van der Waals surface area contributed by atoms with E-state index in [9.17, 15) is 13.9 Å². The van der Waals surface area contributed by atoms with E-state index in [2.05, 4.69) is 10.1 Å². The standard InChI is InChI=1S/C21H23F2N5O/c1-13-20(14(2)27(3)26-13)18-11-24-12-19(25-18)28-8-6-21(29,7-9-28)15-4-5-16(22)17(23)10-15/h4-5,10-12,29H,6-9H2,1-3H3. The molecule has 0 amide bonds. The van der Waals surface area contributed by atoms with Crippen molar-refractivity contribution in [2.45, 2.75) is 32.3 Å². The summed E-state index contributed by atoms with van der Waals surface area (Å²) in [6, 6.07) is 3.59. The van der Waals surface area contributed by atoms with Gasteiger partial charge in [-0.3, -0.25) is 9.67 Å². The van der Waals surface area contributed by atoms with Gasteiger partial charge in [0.2, 0.25) is 0 Å². The molecule has 1 fully saturated rings. The second-order valence-corrected chi connectivity index (χ2v) is 7.58. The molecule has 0 spiro atoms. The zero-order valence-corrected chi connectivity index (χ0v) is 16.7. The summed E-state index contributed by atoms with van der Waals surface area (Å²) >= 11 is 0. The molecule has 29 heavy (non-hydrogen) atoms. The molecule has 1 N–H and O–H groups in total. The van der Waals surface area contributed by atoms with Crippen LogP contribution in [-0.4, -0.2) is 37.9 Å². The van der Waals surface area contributed by atoms with Gasteiger partial charge in [-0.15, -0.1) is 0 Å². The maximum absolute atomic E-state index is 13.6. The molecule has 1 aliphatic rings. The molecule has 1 aliphatic heterocycles. The number of aliphatic hydroxyl groups is 1. The van der Waals surface area contributed by atoms with Gasteiger partial charge in [0, 0.05) is 31.4 Å². The monoisotopic (exact) mass is 399 g/mol. The van der Waals surface area contributed by atoms with Gasteiger partial charge in [0.05, 0.1) is 29.4 Å². The van der Waals surface area contributed by atoms with Crippen LogP contribution in [0.3, 0.4) is 0 Å². The summed E-state index contributed by atoms with van der Waals surface area (Å²) < 4.78 is 28.6. The molecule has 3 aromatic rings. The molecule has 4 rings (SSSR count). The summed E-state index contributed by atoms with van der Waals surface area (Å²) in [5.74, 6) is -1.14. The van der Waals surface area contributed by atoms with E-state index in [-0.39, 0.29) is 0 Å². The molecule has 1 saturated heterocycles. The molecular weight excluding hydrogens is 376 g/mol. The Labute approximate surface area is 167 Å². The average Bonchev–Trinajstić information content (AvgIpc) is 2.96. The maximum Gasteiger partial charge on any atom is 0.159 e. The van der Waals surface area contributed by atoms with Gasteiger partial charge >= 0.3 is 0 Å². The summed E-state index contributed by atoms with van der Waals surface area (Å²) in [5.41, 5.74) is 2.84. The molecule has 152 valence electrons. The lowest BCUT2D eigenvalue weighted by Gasteiger charge is -2.39. The van der Waals surface area contributed by atoms with Crippen molar-refractivity contribution in [3.8, 4) is 11.3 Å². The van der Waals surface area contributed by atoms with Gasteiger partial charge in [0.1, 0.15) is 5.82 Å². The van der Waals surface area contributed by atoms with Gasteiger partial charge < -0.3 is 10.0 Å². The van der Waals surface area contributed by atoms with Gasteiger partial charge in [-0.25, -0.2) is 13.8 Å². The second kappa shape index (κ2) is 7.18. The van der Waals surface area contributed by atoms with Crippen LogP contribution < -0.4 is 4.90 Å². The minimum atomic E-state index is -1.19. The fourth-order valence-electron chi connectivity index (χ4n) is 3.95. The third kappa shape index (κ3) is 3.48. The van der Waals surface area contributed by atoms with Crippen molar-refractivity contribution in [2.75, 3.05) is 18.0 Å². The Hall–Kier alpha value is -2.87. The Kier molecular flexibility index (Phi) is 4.82. The van der Waals surface area contributed by atoms with Gasteiger partial charge in [-0.2, -0.15) is 5.10 Å². The van der Waals surface area contributed by atoms with Crippen LogP contribution in [0.15, 0.2) is 30.6 Å². The van der Waals surface area contributed by atoms with Gasteiger partial charge in [-0.05, 0) is 44.4 Å². The normalized spacial score (nSPS) is 16.3. The first-order valence-corrected chi connectivity index (χ1v) is 9.54.